The first-order chi connectivity index (χ1) is 8.65. The van der Waals surface area contributed by atoms with Crippen molar-refractivity contribution in [3.63, 3.8) is 0 Å². The van der Waals surface area contributed by atoms with Crippen LogP contribution in [0, 0.1) is 18.8 Å². The molecule has 2 heterocycles. The molecular formula is C15H26N2S. The molecule has 0 saturated carbocycles. The van der Waals surface area contributed by atoms with Crippen molar-refractivity contribution >= 4 is 11.3 Å². The molecule has 2 nitrogen and oxygen atoms in total. The molecule has 1 aliphatic heterocycles. The second-order valence-corrected chi connectivity index (χ2v) is 7.15. The van der Waals surface area contributed by atoms with Gasteiger partial charge in [-0.05, 0) is 43.9 Å². The zero-order valence-electron chi connectivity index (χ0n) is 11.9. The number of thiophene rings is 1. The Kier molecular flexibility index (Phi) is 5.22. The number of likely N-dealkylation sites (tertiary alicyclic amines) is 1. The van der Waals surface area contributed by atoms with E-state index in [1.54, 1.807) is 0 Å². The maximum atomic E-state index is 3.55. The van der Waals surface area contributed by atoms with Gasteiger partial charge in [0.2, 0.25) is 0 Å². The van der Waals surface area contributed by atoms with E-state index in [-0.39, 0.29) is 0 Å². The number of nitrogens with one attached hydrogen (secondary N) is 1. The first kappa shape index (κ1) is 14.0. The van der Waals surface area contributed by atoms with Crippen molar-refractivity contribution in [1.29, 1.82) is 0 Å². The van der Waals surface area contributed by atoms with E-state index in [1.807, 2.05) is 11.3 Å². The van der Waals surface area contributed by atoms with Crippen LogP contribution in [0.3, 0.4) is 0 Å². The first-order valence-corrected chi connectivity index (χ1v) is 7.95. The Labute approximate surface area is 115 Å². The Bertz CT molecular complexity index is 359. The van der Waals surface area contributed by atoms with Gasteiger partial charge in [0.1, 0.15) is 0 Å². The van der Waals surface area contributed by atoms with E-state index in [1.165, 1.54) is 35.8 Å². The second-order valence-electron chi connectivity index (χ2n) is 5.78. The van der Waals surface area contributed by atoms with Crippen LogP contribution in [0.15, 0.2) is 12.1 Å². The number of hydrogen-bond donors (Lipinski definition) is 1. The lowest BCUT2D eigenvalue weighted by atomic mass is 9.95. The molecule has 1 unspecified atom stereocenters. The van der Waals surface area contributed by atoms with E-state index >= 15 is 0 Å². The number of aryl methyl sites for hydroxylation is 1. The predicted molar refractivity (Wildman–Crippen MR) is 80.1 cm³/mol. The van der Waals surface area contributed by atoms with Gasteiger partial charge < -0.3 is 10.2 Å². The molecule has 0 spiro atoms. The number of hydrogen-bond acceptors (Lipinski definition) is 3. The highest BCUT2D eigenvalue weighted by Crippen LogP contribution is 2.23. The maximum absolute atomic E-state index is 3.55. The summed E-state index contributed by atoms with van der Waals surface area (Å²) in [5.41, 5.74) is 0. The van der Waals surface area contributed by atoms with Crippen LogP contribution >= 0.6 is 11.3 Å². The molecule has 0 amide bonds. The Hall–Kier alpha value is -0.380. The standard InChI is InChI=1S/C15H26N2S/c1-12(2)14-6-8-17(11-14)9-7-16-10-15-5-4-13(3)18-15/h4-5,12,14,16H,6-11H2,1-3H3. The Morgan fingerprint density at radius 2 is 2.28 bits per heavy atom. The maximum Gasteiger partial charge on any atom is 0.0300 e. The predicted octanol–water partition coefficient (Wildman–Crippen LogP) is 3.12. The number of rotatable bonds is 6. The van der Waals surface area contributed by atoms with Gasteiger partial charge in [0.25, 0.3) is 0 Å². The lowest BCUT2D eigenvalue weighted by Gasteiger charge is -2.17. The minimum atomic E-state index is 0.844. The van der Waals surface area contributed by atoms with Gasteiger partial charge in [-0.15, -0.1) is 11.3 Å². The molecule has 2 rings (SSSR count). The molecule has 1 atom stereocenters. The minimum Gasteiger partial charge on any atom is -0.311 e. The van der Waals surface area contributed by atoms with Crippen LogP contribution in [-0.2, 0) is 6.54 Å². The van der Waals surface area contributed by atoms with Crippen LogP contribution in [0.2, 0.25) is 0 Å². The Morgan fingerprint density at radius 1 is 1.44 bits per heavy atom. The van der Waals surface area contributed by atoms with Gasteiger partial charge in [0, 0.05) is 35.9 Å². The third-order valence-electron chi connectivity index (χ3n) is 3.95. The summed E-state index contributed by atoms with van der Waals surface area (Å²) in [7, 11) is 0. The van der Waals surface area contributed by atoms with Gasteiger partial charge >= 0.3 is 0 Å². The lowest BCUT2D eigenvalue weighted by molar-refractivity contribution is 0.302. The molecule has 1 aliphatic rings. The quantitative estimate of drug-likeness (QED) is 0.796. The average Bonchev–Trinajstić information content (AvgIpc) is 2.93. The van der Waals surface area contributed by atoms with Crippen molar-refractivity contribution in [2.45, 2.75) is 33.7 Å². The second kappa shape index (κ2) is 6.69. The normalized spacial score (nSPS) is 21.0. The number of nitrogens with zero attached hydrogens (tertiary/aromatic N) is 1. The summed E-state index contributed by atoms with van der Waals surface area (Å²) >= 11 is 1.90. The minimum absolute atomic E-state index is 0.844. The first-order valence-electron chi connectivity index (χ1n) is 7.13. The van der Waals surface area contributed by atoms with E-state index in [2.05, 4.69) is 43.1 Å². The monoisotopic (exact) mass is 266 g/mol. The van der Waals surface area contributed by atoms with E-state index < -0.39 is 0 Å². The Morgan fingerprint density at radius 3 is 2.89 bits per heavy atom. The summed E-state index contributed by atoms with van der Waals surface area (Å²) in [5.74, 6) is 1.77. The zero-order chi connectivity index (χ0) is 13.0. The molecular weight excluding hydrogens is 240 g/mol. The van der Waals surface area contributed by atoms with Crippen molar-refractivity contribution in [3.8, 4) is 0 Å². The molecule has 18 heavy (non-hydrogen) atoms. The molecule has 0 radical (unpaired) electrons. The molecule has 1 saturated heterocycles. The summed E-state index contributed by atoms with van der Waals surface area (Å²) in [6.45, 7) is 12.8. The average molecular weight is 266 g/mol. The van der Waals surface area contributed by atoms with Crippen molar-refractivity contribution in [2.75, 3.05) is 26.2 Å². The molecule has 1 N–H and O–H groups in total. The van der Waals surface area contributed by atoms with Crippen LogP contribution in [0.5, 0.6) is 0 Å². The molecule has 102 valence electrons. The third-order valence-corrected chi connectivity index (χ3v) is 4.95. The van der Waals surface area contributed by atoms with Crippen LogP contribution in [-0.4, -0.2) is 31.1 Å². The summed E-state index contributed by atoms with van der Waals surface area (Å²) in [5, 5.41) is 3.55. The highest BCUT2D eigenvalue weighted by Gasteiger charge is 2.23. The molecule has 1 aromatic rings. The molecule has 0 bridgehead atoms. The fourth-order valence-corrected chi connectivity index (χ4v) is 3.50. The van der Waals surface area contributed by atoms with Crippen LogP contribution in [0.25, 0.3) is 0 Å². The highest BCUT2D eigenvalue weighted by molar-refractivity contribution is 7.11. The van der Waals surface area contributed by atoms with Crippen molar-refractivity contribution < 1.29 is 0 Å². The summed E-state index contributed by atoms with van der Waals surface area (Å²) < 4.78 is 0. The Balaban J connectivity index is 1.59. The summed E-state index contributed by atoms with van der Waals surface area (Å²) in [6.07, 6.45) is 1.39. The fraction of sp³-hybridized carbons (Fsp3) is 0.733. The molecule has 0 aromatic carbocycles. The van der Waals surface area contributed by atoms with E-state index in [0.717, 1.165) is 24.9 Å². The molecule has 3 heteroatoms. The molecule has 1 aromatic heterocycles. The van der Waals surface area contributed by atoms with E-state index in [9.17, 15) is 0 Å². The largest absolute Gasteiger partial charge is 0.311 e. The topological polar surface area (TPSA) is 15.3 Å². The third kappa shape index (κ3) is 4.08. The van der Waals surface area contributed by atoms with Crippen LogP contribution in [0.4, 0.5) is 0 Å². The summed E-state index contributed by atoms with van der Waals surface area (Å²) in [6, 6.07) is 4.44. The van der Waals surface area contributed by atoms with Gasteiger partial charge in [-0.25, -0.2) is 0 Å². The van der Waals surface area contributed by atoms with E-state index in [0.29, 0.717) is 0 Å². The van der Waals surface area contributed by atoms with Gasteiger partial charge in [0.15, 0.2) is 0 Å². The van der Waals surface area contributed by atoms with Crippen LogP contribution < -0.4 is 5.32 Å². The van der Waals surface area contributed by atoms with Crippen molar-refractivity contribution in [1.82, 2.24) is 10.2 Å². The van der Waals surface area contributed by atoms with Crippen LogP contribution in [0.1, 0.15) is 30.0 Å². The SMILES string of the molecule is Cc1ccc(CNCCN2CCC(C(C)C)C2)s1. The van der Waals surface area contributed by atoms with Crippen molar-refractivity contribution in [3.05, 3.63) is 21.9 Å². The fourth-order valence-electron chi connectivity index (χ4n) is 2.64. The van der Waals surface area contributed by atoms with Gasteiger partial charge in [0.05, 0.1) is 0 Å². The van der Waals surface area contributed by atoms with Gasteiger partial charge in [-0.3, -0.25) is 0 Å². The zero-order valence-corrected chi connectivity index (χ0v) is 12.7. The highest BCUT2D eigenvalue weighted by atomic mass is 32.1. The van der Waals surface area contributed by atoms with E-state index in [4.69, 9.17) is 0 Å². The molecule has 1 fully saturated rings. The smallest absolute Gasteiger partial charge is 0.0300 e. The molecule has 0 aliphatic carbocycles. The van der Waals surface area contributed by atoms with Gasteiger partial charge in [-0.2, -0.15) is 0 Å². The lowest BCUT2D eigenvalue weighted by Crippen LogP contribution is -2.30. The summed E-state index contributed by atoms with van der Waals surface area (Å²) in [4.78, 5) is 5.47. The van der Waals surface area contributed by atoms with Crippen molar-refractivity contribution in [2.24, 2.45) is 11.8 Å². The van der Waals surface area contributed by atoms with Gasteiger partial charge in [-0.1, -0.05) is 13.8 Å².